The van der Waals surface area contributed by atoms with Crippen molar-refractivity contribution < 1.29 is 4.79 Å². The van der Waals surface area contributed by atoms with E-state index in [1.165, 1.54) is 5.56 Å². The molecule has 1 amide bonds. The summed E-state index contributed by atoms with van der Waals surface area (Å²) in [5.41, 5.74) is 4.06. The average Bonchev–Trinajstić information content (AvgIpc) is 3.16. The maximum atomic E-state index is 12.6. The third-order valence-corrected chi connectivity index (χ3v) is 4.30. The maximum Gasteiger partial charge on any atom is 0.253 e. The Labute approximate surface area is 148 Å². The molecule has 4 nitrogen and oxygen atoms in total. The van der Waals surface area contributed by atoms with Gasteiger partial charge in [-0.1, -0.05) is 38.1 Å². The number of hydrogen-bond acceptors (Lipinski definition) is 2. The second-order valence-corrected chi connectivity index (χ2v) is 6.56. The van der Waals surface area contributed by atoms with Crippen LogP contribution in [0, 0.1) is 0 Å². The van der Waals surface area contributed by atoms with Gasteiger partial charge in [-0.15, -0.1) is 0 Å². The van der Waals surface area contributed by atoms with E-state index in [1.807, 2.05) is 43.6 Å². The van der Waals surface area contributed by atoms with Crippen LogP contribution in [0.5, 0.6) is 0 Å². The molecular weight excluding hydrogens is 310 g/mol. The lowest BCUT2D eigenvalue weighted by atomic mass is 10.0. The zero-order valence-electron chi connectivity index (χ0n) is 14.9. The van der Waals surface area contributed by atoms with E-state index in [1.54, 1.807) is 15.8 Å². The van der Waals surface area contributed by atoms with Crippen LogP contribution in [0.1, 0.15) is 41.3 Å². The highest BCUT2D eigenvalue weighted by atomic mass is 16.2. The van der Waals surface area contributed by atoms with Crippen LogP contribution in [0.3, 0.4) is 0 Å². The van der Waals surface area contributed by atoms with Crippen molar-refractivity contribution in [3.8, 4) is 5.69 Å². The van der Waals surface area contributed by atoms with Gasteiger partial charge < -0.3 is 4.90 Å². The predicted molar refractivity (Wildman–Crippen MR) is 99.9 cm³/mol. The molecule has 0 radical (unpaired) electrons. The highest BCUT2D eigenvalue weighted by Crippen LogP contribution is 2.16. The molecule has 0 N–H and O–H groups in total. The van der Waals surface area contributed by atoms with Gasteiger partial charge in [-0.2, -0.15) is 5.10 Å². The number of benzene rings is 2. The number of aromatic nitrogens is 2. The fourth-order valence-corrected chi connectivity index (χ4v) is 2.75. The van der Waals surface area contributed by atoms with Crippen LogP contribution in [0.2, 0.25) is 0 Å². The van der Waals surface area contributed by atoms with Crippen LogP contribution in [0.4, 0.5) is 0 Å². The zero-order valence-corrected chi connectivity index (χ0v) is 14.9. The highest BCUT2D eigenvalue weighted by molar-refractivity contribution is 5.94. The summed E-state index contributed by atoms with van der Waals surface area (Å²) >= 11 is 0. The lowest BCUT2D eigenvalue weighted by molar-refractivity contribution is 0.0785. The van der Waals surface area contributed by atoms with Crippen molar-refractivity contribution >= 4 is 5.91 Å². The van der Waals surface area contributed by atoms with Crippen molar-refractivity contribution in [1.29, 1.82) is 0 Å². The van der Waals surface area contributed by atoms with Crippen molar-refractivity contribution in [3.05, 3.63) is 83.7 Å². The van der Waals surface area contributed by atoms with Gasteiger partial charge >= 0.3 is 0 Å². The lowest BCUT2D eigenvalue weighted by Crippen LogP contribution is -2.26. The molecule has 0 bridgehead atoms. The molecule has 1 heterocycles. The molecule has 0 spiro atoms. The first-order chi connectivity index (χ1) is 12.0. The van der Waals surface area contributed by atoms with Crippen molar-refractivity contribution in [2.24, 2.45) is 0 Å². The van der Waals surface area contributed by atoms with Crippen molar-refractivity contribution in [3.63, 3.8) is 0 Å². The van der Waals surface area contributed by atoms with Gasteiger partial charge in [0.2, 0.25) is 0 Å². The summed E-state index contributed by atoms with van der Waals surface area (Å²) in [5.74, 6) is 0.529. The van der Waals surface area contributed by atoms with Crippen LogP contribution < -0.4 is 0 Å². The van der Waals surface area contributed by atoms with Crippen LogP contribution in [-0.4, -0.2) is 27.6 Å². The molecule has 0 aliphatic carbocycles. The number of amides is 1. The zero-order chi connectivity index (χ0) is 17.8. The fourth-order valence-electron chi connectivity index (χ4n) is 2.75. The van der Waals surface area contributed by atoms with E-state index in [4.69, 9.17) is 0 Å². The molecule has 128 valence electrons. The average molecular weight is 333 g/mol. The van der Waals surface area contributed by atoms with Crippen molar-refractivity contribution in [2.45, 2.75) is 26.3 Å². The molecule has 4 heteroatoms. The van der Waals surface area contributed by atoms with E-state index in [0.29, 0.717) is 18.0 Å². The third kappa shape index (κ3) is 3.97. The summed E-state index contributed by atoms with van der Waals surface area (Å²) in [6.07, 6.45) is 3.61. The second kappa shape index (κ2) is 7.34. The van der Waals surface area contributed by atoms with Crippen LogP contribution in [0.15, 0.2) is 67.0 Å². The molecule has 0 atom stereocenters. The molecule has 1 aromatic heterocycles. The summed E-state index contributed by atoms with van der Waals surface area (Å²) in [7, 11) is 1.83. The Morgan fingerprint density at radius 2 is 1.76 bits per heavy atom. The number of rotatable bonds is 5. The monoisotopic (exact) mass is 333 g/mol. The Kier molecular flexibility index (Phi) is 4.98. The van der Waals surface area contributed by atoms with E-state index in [-0.39, 0.29) is 5.91 Å². The van der Waals surface area contributed by atoms with Crippen LogP contribution in [-0.2, 0) is 6.54 Å². The topological polar surface area (TPSA) is 38.1 Å². The van der Waals surface area contributed by atoms with E-state index in [0.717, 1.165) is 11.3 Å². The Morgan fingerprint density at radius 3 is 2.32 bits per heavy atom. The van der Waals surface area contributed by atoms with E-state index in [9.17, 15) is 4.79 Å². The smallest absolute Gasteiger partial charge is 0.253 e. The molecular formula is C21H23N3O. The van der Waals surface area contributed by atoms with E-state index < -0.39 is 0 Å². The normalized spacial score (nSPS) is 10.9. The van der Waals surface area contributed by atoms with Gasteiger partial charge in [0.25, 0.3) is 5.91 Å². The molecule has 3 aromatic rings. The van der Waals surface area contributed by atoms with Gasteiger partial charge in [-0.3, -0.25) is 4.79 Å². The first-order valence-electron chi connectivity index (χ1n) is 8.49. The molecule has 3 rings (SSSR count). The summed E-state index contributed by atoms with van der Waals surface area (Å²) in [4.78, 5) is 14.4. The number of carbonyl (C=O) groups is 1. The third-order valence-electron chi connectivity index (χ3n) is 4.30. The molecule has 0 unspecified atom stereocenters. The SMILES string of the molecule is CC(C)c1ccc(CN(C)C(=O)c2ccc(-n3cccn3)cc2)cc1. The number of carbonyl (C=O) groups excluding carboxylic acids is 1. The predicted octanol–water partition coefficient (Wildman–Crippen LogP) is 4.27. The molecule has 2 aromatic carbocycles. The van der Waals surface area contributed by atoms with E-state index >= 15 is 0 Å². The summed E-state index contributed by atoms with van der Waals surface area (Å²) in [5, 5.41) is 4.19. The Balaban J connectivity index is 1.67. The lowest BCUT2D eigenvalue weighted by Gasteiger charge is -2.18. The van der Waals surface area contributed by atoms with Gasteiger partial charge in [-0.05, 0) is 47.4 Å². The maximum absolute atomic E-state index is 12.6. The number of nitrogens with zero attached hydrogens (tertiary/aromatic N) is 3. The summed E-state index contributed by atoms with van der Waals surface area (Å²) < 4.78 is 1.77. The summed E-state index contributed by atoms with van der Waals surface area (Å²) in [6, 6.07) is 17.8. The van der Waals surface area contributed by atoms with Crippen LogP contribution in [0.25, 0.3) is 5.69 Å². The van der Waals surface area contributed by atoms with E-state index in [2.05, 4.69) is 43.2 Å². The molecule has 0 aliphatic rings. The minimum absolute atomic E-state index is 0.0138. The largest absolute Gasteiger partial charge is 0.337 e. The quantitative estimate of drug-likeness (QED) is 0.699. The molecule has 0 saturated heterocycles. The van der Waals surface area contributed by atoms with Crippen molar-refractivity contribution in [1.82, 2.24) is 14.7 Å². The highest BCUT2D eigenvalue weighted by Gasteiger charge is 2.12. The van der Waals surface area contributed by atoms with Gasteiger partial charge in [0, 0.05) is 31.5 Å². The van der Waals surface area contributed by atoms with Gasteiger partial charge in [-0.25, -0.2) is 4.68 Å². The van der Waals surface area contributed by atoms with Gasteiger partial charge in [0.1, 0.15) is 0 Å². The fraction of sp³-hybridized carbons (Fsp3) is 0.238. The second-order valence-electron chi connectivity index (χ2n) is 6.56. The van der Waals surface area contributed by atoms with Gasteiger partial charge in [0.15, 0.2) is 0 Å². The minimum Gasteiger partial charge on any atom is -0.337 e. The molecule has 0 saturated carbocycles. The molecule has 25 heavy (non-hydrogen) atoms. The number of hydrogen-bond donors (Lipinski definition) is 0. The molecule has 0 fully saturated rings. The summed E-state index contributed by atoms with van der Waals surface area (Å²) in [6.45, 7) is 4.95. The Hall–Kier alpha value is -2.88. The minimum atomic E-state index is 0.0138. The van der Waals surface area contributed by atoms with Crippen molar-refractivity contribution in [2.75, 3.05) is 7.05 Å². The van der Waals surface area contributed by atoms with Gasteiger partial charge in [0.05, 0.1) is 5.69 Å². The first-order valence-corrected chi connectivity index (χ1v) is 8.49. The Bertz CT molecular complexity index is 819. The Morgan fingerprint density at radius 1 is 1.08 bits per heavy atom. The van der Waals surface area contributed by atoms with Crippen LogP contribution >= 0.6 is 0 Å². The standard InChI is InChI=1S/C21H23N3O/c1-16(2)18-7-5-17(6-8-18)15-23(3)21(25)19-9-11-20(12-10-19)24-14-4-13-22-24/h4-14,16H,15H2,1-3H3. The first kappa shape index (κ1) is 17.0. The molecule has 0 aliphatic heterocycles.